The number of aliphatic hydroxyl groups is 2. The van der Waals surface area contributed by atoms with E-state index in [9.17, 15) is 34.5 Å². The molecule has 2 saturated heterocycles. The van der Waals surface area contributed by atoms with E-state index >= 15 is 0 Å². The zero-order valence-electron chi connectivity index (χ0n) is 58.5. The fourth-order valence-electron chi connectivity index (χ4n) is 16.3. The number of carboxylic acid groups (broad SMARTS) is 1. The molecule has 4 aromatic carbocycles. The number of nitrogens with two attached hydrogens (primary N) is 2. The summed E-state index contributed by atoms with van der Waals surface area (Å²) in [5.74, 6) is 0.557. The Hall–Kier alpha value is -5.53. The van der Waals surface area contributed by atoms with Crippen LogP contribution in [0.1, 0.15) is 124 Å². The summed E-state index contributed by atoms with van der Waals surface area (Å²) >= 11 is 0. The van der Waals surface area contributed by atoms with Gasteiger partial charge in [0, 0.05) is 127 Å². The molecule has 504 valence electrons. The second-order valence-electron chi connectivity index (χ2n) is 28.1. The smallest absolute Gasteiger partial charge is 0.335 e. The number of nitrogens with one attached hydrogen (secondary N) is 3. The molecular weight excluding hydrogens is 1400 g/mol. The Morgan fingerprint density at radius 3 is 1.49 bits per heavy atom. The number of hydrogen-bond donors (Lipinski definition) is 8. The Balaban J connectivity index is 0.000000281. The molecule has 8 fully saturated rings. The van der Waals surface area contributed by atoms with Gasteiger partial charge in [-0.25, -0.2) is 4.79 Å². The van der Waals surface area contributed by atoms with Gasteiger partial charge in [-0.3, -0.25) is 24.1 Å². The van der Waals surface area contributed by atoms with Crippen molar-refractivity contribution in [2.45, 2.75) is 157 Å². The molecule has 21 nitrogen and oxygen atoms in total. The van der Waals surface area contributed by atoms with E-state index in [1.165, 1.54) is 19.9 Å². The quantitative estimate of drug-likeness (QED) is 0.0191. The van der Waals surface area contributed by atoms with Crippen molar-refractivity contribution >= 4 is 43.4 Å². The van der Waals surface area contributed by atoms with Crippen molar-refractivity contribution in [2.75, 3.05) is 65.2 Å². The van der Waals surface area contributed by atoms with Crippen LogP contribution in [0.3, 0.4) is 0 Å². The first kappa shape index (κ1) is 74.9. The second kappa shape index (κ2) is 31.6. The van der Waals surface area contributed by atoms with E-state index in [0.717, 1.165) is 68.7 Å². The third-order valence-electron chi connectivity index (χ3n) is 22.1. The number of aromatic carboxylic acids is 1. The van der Waals surface area contributed by atoms with E-state index in [-0.39, 0.29) is 86.1 Å². The normalized spacial score (nSPS) is 28.5. The molecule has 6 aliphatic carbocycles. The first-order valence-electron chi connectivity index (χ1n) is 33.0. The van der Waals surface area contributed by atoms with Crippen LogP contribution in [-0.2, 0) is 32.4 Å². The monoisotopic (exact) mass is 1510 g/mol. The molecule has 0 aromatic heterocycles. The number of fused-ring (bicyclic) bond motifs is 4. The molecule has 0 spiro atoms. The van der Waals surface area contributed by atoms with E-state index in [1.807, 2.05) is 106 Å². The number of aliphatic hydroxyl groups excluding tert-OH is 2. The maximum absolute atomic E-state index is 14.2. The molecule has 16 atom stereocenters. The Kier molecular flexibility index (Phi) is 25.4. The number of hydrogen-bond acceptors (Lipinski definition) is 15. The number of azide groups is 1. The Morgan fingerprint density at radius 2 is 1.13 bits per heavy atom. The first-order chi connectivity index (χ1) is 44.0. The van der Waals surface area contributed by atoms with Crippen LogP contribution in [0.5, 0.6) is 0 Å². The van der Waals surface area contributed by atoms with Gasteiger partial charge in [0.1, 0.15) is 12.1 Å². The zero-order valence-corrected chi connectivity index (χ0v) is 61.6. The van der Waals surface area contributed by atoms with Crippen molar-refractivity contribution in [3.63, 3.8) is 0 Å². The molecule has 12 rings (SSSR count). The van der Waals surface area contributed by atoms with Crippen LogP contribution in [0.4, 0.5) is 11.4 Å². The molecule has 0 unspecified atom stereocenters. The van der Waals surface area contributed by atoms with Gasteiger partial charge in [0.2, 0.25) is 11.8 Å². The predicted molar refractivity (Wildman–Crippen MR) is 363 cm³/mol. The van der Waals surface area contributed by atoms with Crippen LogP contribution in [-0.4, -0.2) is 163 Å². The maximum Gasteiger partial charge on any atom is 0.335 e. The van der Waals surface area contributed by atoms with Gasteiger partial charge in [-0.1, -0.05) is 83.1 Å². The number of anilines is 2. The maximum atomic E-state index is 14.2. The summed E-state index contributed by atoms with van der Waals surface area (Å²) in [5.41, 5.74) is 30.1. The number of rotatable bonds is 19. The van der Waals surface area contributed by atoms with Crippen molar-refractivity contribution < 1.29 is 75.3 Å². The Bertz CT molecular complexity index is 3350. The van der Waals surface area contributed by atoms with Gasteiger partial charge in [0.25, 0.3) is 5.91 Å². The zero-order chi connectivity index (χ0) is 68.9. The molecule has 93 heavy (non-hydrogen) atoms. The Morgan fingerprint density at radius 1 is 0.720 bits per heavy atom. The van der Waals surface area contributed by atoms with Crippen LogP contribution >= 0.6 is 0 Å². The molecular formula is C70H103BN12O9U. The molecule has 2 heterocycles. The van der Waals surface area contributed by atoms with Gasteiger partial charge in [0.15, 0.2) is 0 Å². The van der Waals surface area contributed by atoms with Crippen molar-refractivity contribution in [3.05, 3.63) is 117 Å². The number of nitrogens with zero attached hydrogens (tertiary/aromatic N) is 7. The molecule has 3 amide bonds. The van der Waals surface area contributed by atoms with Crippen LogP contribution in [0.25, 0.3) is 32.7 Å². The molecule has 6 saturated carbocycles. The average Bonchev–Trinajstić information content (AvgIpc) is 0.938. The summed E-state index contributed by atoms with van der Waals surface area (Å²) < 4.78 is 5.25. The molecule has 8 aliphatic rings. The number of carbonyl (C=O) groups excluding carboxylic acids is 3. The van der Waals surface area contributed by atoms with Crippen molar-refractivity contribution in [3.8, 4) is 22.3 Å². The van der Waals surface area contributed by atoms with E-state index < -0.39 is 54.3 Å². The number of carboxylic acids is 1. The van der Waals surface area contributed by atoms with Gasteiger partial charge in [0.05, 0.1) is 49.6 Å². The van der Waals surface area contributed by atoms with Gasteiger partial charge in [-0.2, -0.15) is 10.1 Å². The number of carbonyl (C=O) groups is 4. The van der Waals surface area contributed by atoms with Crippen molar-refractivity contribution in [2.24, 2.45) is 74.8 Å². The summed E-state index contributed by atoms with van der Waals surface area (Å²) in [6.07, 6.45) is 1.53. The van der Waals surface area contributed by atoms with E-state index in [0.29, 0.717) is 58.4 Å². The van der Waals surface area contributed by atoms with Crippen LogP contribution in [0, 0.1) is 103 Å². The molecule has 4 bridgehead atoms. The summed E-state index contributed by atoms with van der Waals surface area (Å²) in [7, 11) is 14.5. The third kappa shape index (κ3) is 15.7. The Labute approximate surface area is 578 Å². The minimum absolute atomic E-state index is 0. The fourth-order valence-corrected chi connectivity index (χ4v) is 16.3. The van der Waals surface area contributed by atoms with Crippen LogP contribution < -0.4 is 37.2 Å². The van der Waals surface area contributed by atoms with Crippen molar-refractivity contribution in [1.82, 2.24) is 26.1 Å². The first-order valence-corrected chi connectivity index (χ1v) is 32.4. The van der Waals surface area contributed by atoms with Gasteiger partial charge in [-0.05, 0) is 195 Å². The SMILES string of the molecule is CN.CNC(=O)c1cc(-c2cccc(CN3O[C@@H](CN=[N+]=[N-])[C@@H]([C@H](C)O)[C@H]3C(=O)N[C@H]3C[C@H]4C[C@@H]([C@@H]3C)C4(C)C)c2C)cc(N(C)C)c1.Cc1c(CN2O[C@@H](CN)[C@@H]([C@H](C)O)[C@H]2C(=O)N[C@H]2C[C@H]3C[C@@H]([C@@H]2C)C3(C)C)cccc1-c1cc(C(=O)O)cc(N(C)C)c1.[3H][B].[U]. The number of benzene rings is 4. The fraction of sp³-hybridized carbons (Fsp3) is 0.600. The summed E-state index contributed by atoms with van der Waals surface area (Å²) in [6, 6.07) is 21.7. The van der Waals surface area contributed by atoms with Gasteiger partial charge in [-0.15, -0.1) is 0 Å². The van der Waals surface area contributed by atoms with Gasteiger partial charge < -0.3 is 52.5 Å². The topological polar surface area (TPSA) is 297 Å². The summed E-state index contributed by atoms with van der Waals surface area (Å²) in [6.45, 7) is 22.0. The minimum Gasteiger partial charge on any atom is -0.478 e. The average molecular weight is 1510 g/mol. The van der Waals surface area contributed by atoms with E-state index in [2.05, 4.69) is 87.7 Å². The molecule has 10 N–H and O–H groups in total. The van der Waals surface area contributed by atoms with Crippen LogP contribution in [0.2, 0.25) is 0 Å². The third-order valence-corrected chi connectivity index (χ3v) is 22.1. The standard InChI is InChI=1S/C35H49N7O4.C34H48N4O5.CH5N.BH.U/c1-19-22(10-9-11-27(19)23-12-24(33(44)37-6)14-26(13-23)41(7)8)18-42-32(31(21(3)43)30(46-42)17-38-40-36)34(45)39-29-16-25-15-28(20(29)2)35(25,4)5;1-18-21(9-8-10-26(18)22-11-23(33(41)42)13-25(12-22)37(6)7)17-38-31(30(20(3)39)29(16-35)43-38)32(40)36-28-15-24-14-27(19(28)2)34(24,4)5;1-2;;/h9-14,20-21,25,28-32,43H,15-18H2,1-8H3,(H,37,44)(H,39,45);8-13,19-20,24,27-31,39H,14-17,35H2,1-7H3,(H,36,40)(H,41,42);2H2,1H3;1H;/t20-,21-,25+,28-,29-,30-,31+,32-;19-,20-,24+,27-,28-,29-,30+,31-;;;/m00.../s1/i;;;1T;. The predicted octanol–water partition coefficient (Wildman–Crippen LogP) is 8.05. The van der Waals surface area contributed by atoms with Crippen LogP contribution in [0.15, 0.2) is 77.9 Å². The molecule has 4 aromatic rings. The molecule has 2 aliphatic heterocycles. The van der Waals surface area contributed by atoms with Crippen molar-refractivity contribution in [1.29, 1.82) is 1.34 Å². The van der Waals surface area contributed by atoms with E-state index in [1.54, 1.807) is 43.2 Å². The summed E-state index contributed by atoms with van der Waals surface area (Å²) in [5, 5.41) is 48.1. The largest absolute Gasteiger partial charge is 0.478 e. The summed E-state index contributed by atoms with van der Waals surface area (Å²) in [4.78, 5) is 72.2. The second-order valence-corrected chi connectivity index (χ2v) is 28.1. The molecule has 23 heteroatoms. The minimum atomic E-state index is -0.983. The van der Waals surface area contributed by atoms with E-state index in [4.69, 9.17) is 22.3 Å². The number of amides is 3. The molecule has 2 radical (unpaired) electrons. The van der Waals surface area contributed by atoms with Gasteiger partial charge >= 0.3 is 5.97 Å². The number of hydroxylamine groups is 4.